The van der Waals surface area contributed by atoms with E-state index in [1.165, 1.54) is 0 Å². The Morgan fingerprint density at radius 3 is 2.65 bits per heavy atom. The minimum atomic E-state index is -3.18. The third kappa shape index (κ3) is 5.70. The molecule has 2 aliphatic heterocycles. The van der Waals surface area contributed by atoms with Crippen LogP contribution in [0.4, 0.5) is 9.80 Å². The van der Waals surface area contributed by atoms with Crippen molar-refractivity contribution in [1.29, 1.82) is 0 Å². The minimum absolute atomic E-state index is 0.0748. The van der Waals surface area contributed by atoms with E-state index >= 15 is 4.11 Å². The van der Waals surface area contributed by atoms with Crippen LogP contribution in [0.5, 0.6) is 5.75 Å². The van der Waals surface area contributed by atoms with Crippen LogP contribution in [0.1, 0.15) is 55.0 Å². The normalized spacial score (nSPS) is 22.6. The summed E-state index contributed by atoms with van der Waals surface area (Å²) in [6.45, 7) is 6.65. The van der Waals surface area contributed by atoms with Gasteiger partial charge in [0, 0.05) is 55.5 Å². The Labute approximate surface area is 236 Å². The number of halogens is 1. The quantitative estimate of drug-likeness (QED) is 0.266. The molecule has 214 valence electrons. The van der Waals surface area contributed by atoms with Crippen molar-refractivity contribution in [3.8, 4) is 5.75 Å². The lowest BCUT2D eigenvalue weighted by Crippen LogP contribution is -2.46. The van der Waals surface area contributed by atoms with E-state index in [0.717, 1.165) is 23.2 Å². The van der Waals surface area contributed by atoms with Crippen LogP contribution in [-0.4, -0.2) is 60.8 Å². The first-order valence-electron chi connectivity index (χ1n) is 14.1. The SMILES string of the molecule is CO[C@@H]1c2cc(N3CCCC3=O)ccc2O[C@H](C(CCn2cc(C(CO)c3ccccc3)nn2)[Si](C)(C)F)[C@H]1C. The van der Waals surface area contributed by atoms with Gasteiger partial charge in [-0.15, -0.1) is 5.10 Å². The van der Waals surface area contributed by atoms with Gasteiger partial charge in [0.1, 0.15) is 11.9 Å². The molecular formula is C30H39FN4O4Si. The molecule has 8 nitrogen and oxygen atoms in total. The van der Waals surface area contributed by atoms with Crippen molar-refractivity contribution in [1.82, 2.24) is 15.0 Å². The molecule has 40 heavy (non-hydrogen) atoms. The zero-order chi connectivity index (χ0) is 28.4. The highest BCUT2D eigenvalue weighted by molar-refractivity contribution is 6.72. The third-order valence-electron chi connectivity index (χ3n) is 8.44. The molecule has 0 saturated carbocycles. The number of amides is 1. The van der Waals surface area contributed by atoms with Gasteiger partial charge < -0.3 is 23.6 Å². The summed E-state index contributed by atoms with van der Waals surface area (Å²) in [6.07, 6.45) is 3.15. The predicted octanol–water partition coefficient (Wildman–Crippen LogP) is 5.25. The molecule has 1 saturated heterocycles. The van der Waals surface area contributed by atoms with Crippen LogP contribution >= 0.6 is 0 Å². The number of aromatic nitrogens is 3. The monoisotopic (exact) mass is 566 g/mol. The van der Waals surface area contributed by atoms with E-state index in [4.69, 9.17) is 9.47 Å². The fourth-order valence-electron chi connectivity index (χ4n) is 6.26. The average molecular weight is 567 g/mol. The minimum Gasteiger partial charge on any atom is -0.490 e. The number of carbonyl (C=O) groups excluding carboxylic acids is 1. The maximum atomic E-state index is 15.9. The summed E-state index contributed by atoms with van der Waals surface area (Å²) >= 11 is 0. The number of carbonyl (C=O) groups is 1. The highest BCUT2D eigenvalue weighted by Gasteiger charge is 2.47. The second kappa shape index (κ2) is 11.8. The third-order valence-corrected chi connectivity index (χ3v) is 10.8. The molecule has 3 aromatic rings. The van der Waals surface area contributed by atoms with Gasteiger partial charge in [-0.1, -0.05) is 42.5 Å². The van der Waals surface area contributed by atoms with E-state index in [1.807, 2.05) is 59.6 Å². The number of aliphatic hydroxyl groups excluding tert-OH is 1. The van der Waals surface area contributed by atoms with Gasteiger partial charge in [-0.05, 0) is 49.7 Å². The molecule has 1 fully saturated rings. The summed E-state index contributed by atoms with van der Waals surface area (Å²) in [6, 6.07) is 15.5. The second-order valence-electron chi connectivity index (χ2n) is 11.5. The molecule has 10 heteroatoms. The first-order chi connectivity index (χ1) is 19.2. The van der Waals surface area contributed by atoms with Crippen LogP contribution in [0, 0.1) is 5.92 Å². The van der Waals surface area contributed by atoms with Crippen molar-refractivity contribution < 1.29 is 23.5 Å². The van der Waals surface area contributed by atoms with E-state index in [1.54, 1.807) is 24.9 Å². The van der Waals surface area contributed by atoms with Crippen molar-refractivity contribution in [2.45, 2.75) is 69.5 Å². The summed E-state index contributed by atoms with van der Waals surface area (Å²) < 4.78 is 30.2. The largest absolute Gasteiger partial charge is 0.490 e. The summed E-state index contributed by atoms with van der Waals surface area (Å²) in [4.78, 5) is 14.1. The number of anilines is 1. The number of aryl methyl sites for hydroxylation is 1. The lowest BCUT2D eigenvalue weighted by molar-refractivity contribution is -0.117. The van der Waals surface area contributed by atoms with Crippen LogP contribution < -0.4 is 9.64 Å². The van der Waals surface area contributed by atoms with Crippen molar-refractivity contribution in [3.05, 3.63) is 71.5 Å². The molecule has 2 unspecified atom stereocenters. The van der Waals surface area contributed by atoms with Crippen LogP contribution in [0.15, 0.2) is 54.7 Å². The van der Waals surface area contributed by atoms with E-state index in [2.05, 4.69) is 17.2 Å². The first-order valence-corrected chi connectivity index (χ1v) is 17.0. The van der Waals surface area contributed by atoms with E-state index in [-0.39, 0.29) is 42.1 Å². The number of methoxy groups -OCH3 is 1. The smallest absolute Gasteiger partial charge is 0.247 e. The molecule has 0 bridgehead atoms. The molecule has 1 amide bonds. The standard InChI is InChI=1S/C30H39FN4O4Si/c1-20-29(38-2)23-17-22(35-15-8-11-28(35)37)12-13-26(23)39-30(20)27(40(3,4)31)14-16-34-18-25(32-33-34)24(19-36)21-9-6-5-7-10-21/h5-7,9-10,12-13,17-18,20,24,27,29-30,36H,8,11,14-16,19H2,1-4H3/t20-,24?,27?,29-,30-/m0/s1. The Morgan fingerprint density at radius 2 is 2.00 bits per heavy atom. The number of hydrogen-bond acceptors (Lipinski definition) is 6. The van der Waals surface area contributed by atoms with Gasteiger partial charge in [-0.2, -0.15) is 0 Å². The summed E-state index contributed by atoms with van der Waals surface area (Å²) in [7, 11) is -1.51. The molecule has 5 rings (SSSR count). The van der Waals surface area contributed by atoms with Crippen LogP contribution in [-0.2, 0) is 16.1 Å². The summed E-state index contributed by atoms with van der Waals surface area (Å²) in [5.74, 6) is 0.453. The molecule has 2 aliphatic rings. The maximum absolute atomic E-state index is 15.9. The average Bonchev–Trinajstić information content (AvgIpc) is 3.58. The highest BCUT2D eigenvalue weighted by atomic mass is 28.4. The molecular weight excluding hydrogens is 527 g/mol. The van der Waals surface area contributed by atoms with Gasteiger partial charge in [0.2, 0.25) is 14.3 Å². The zero-order valence-corrected chi connectivity index (χ0v) is 24.7. The predicted molar refractivity (Wildman–Crippen MR) is 154 cm³/mol. The number of fused-ring (bicyclic) bond motifs is 1. The number of rotatable bonds is 10. The van der Waals surface area contributed by atoms with E-state index < -0.39 is 8.41 Å². The molecule has 1 aromatic heterocycles. The van der Waals surface area contributed by atoms with Gasteiger partial charge in [0.25, 0.3) is 0 Å². The van der Waals surface area contributed by atoms with Crippen LogP contribution in [0.3, 0.4) is 0 Å². The number of benzene rings is 2. The fraction of sp³-hybridized carbons (Fsp3) is 0.500. The van der Waals surface area contributed by atoms with Crippen molar-refractivity contribution in [2.75, 3.05) is 25.2 Å². The van der Waals surface area contributed by atoms with Crippen molar-refractivity contribution >= 4 is 20.0 Å². The van der Waals surface area contributed by atoms with Gasteiger partial charge in [0.05, 0.1) is 24.3 Å². The van der Waals surface area contributed by atoms with Gasteiger partial charge in [-0.3, -0.25) is 9.48 Å². The molecule has 3 heterocycles. The van der Waals surface area contributed by atoms with E-state index in [9.17, 15) is 9.90 Å². The lowest BCUT2D eigenvalue weighted by Gasteiger charge is -2.43. The Kier molecular flexibility index (Phi) is 8.39. The summed E-state index contributed by atoms with van der Waals surface area (Å²) in [5.41, 5.74) is 3.09. The number of aliphatic hydroxyl groups is 1. The molecule has 1 N–H and O–H groups in total. The molecule has 0 spiro atoms. The Morgan fingerprint density at radius 1 is 1.23 bits per heavy atom. The molecule has 2 aromatic carbocycles. The fourth-order valence-corrected chi connectivity index (χ4v) is 8.23. The Hall–Kier alpha value is -3.08. The molecule has 0 aliphatic carbocycles. The Bertz CT molecular complexity index is 1310. The highest BCUT2D eigenvalue weighted by Crippen LogP contribution is 2.48. The second-order valence-corrected chi connectivity index (χ2v) is 15.4. The Balaban J connectivity index is 1.35. The van der Waals surface area contributed by atoms with E-state index in [0.29, 0.717) is 37.4 Å². The zero-order valence-electron chi connectivity index (χ0n) is 23.7. The van der Waals surface area contributed by atoms with Crippen LogP contribution in [0.2, 0.25) is 18.6 Å². The summed E-state index contributed by atoms with van der Waals surface area (Å²) in [5, 5.41) is 18.6. The lowest BCUT2D eigenvalue weighted by atomic mass is 9.86. The number of hydrogen-bond donors (Lipinski definition) is 1. The van der Waals surface area contributed by atoms with Crippen molar-refractivity contribution in [2.24, 2.45) is 5.92 Å². The maximum Gasteiger partial charge on any atom is 0.247 e. The van der Waals surface area contributed by atoms with Gasteiger partial charge in [-0.25, -0.2) is 0 Å². The molecule has 5 atom stereocenters. The number of nitrogens with zero attached hydrogens (tertiary/aromatic N) is 4. The van der Waals surface area contributed by atoms with Gasteiger partial charge in [0.15, 0.2) is 0 Å². The van der Waals surface area contributed by atoms with Crippen molar-refractivity contribution in [3.63, 3.8) is 0 Å². The first kappa shape index (κ1) is 28.4. The molecule has 0 radical (unpaired) electrons. The topological polar surface area (TPSA) is 89.7 Å². The van der Waals surface area contributed by atoms with Crippen LogP contribution in [0.25, 0.3) is 0 Å². The van der Waals surface area contributed by atoms with Gasteiger partial charge >= 0.3 is 0 Å². The number of ether oxygens (including phenoxy) is 2.